The van der Waals surface area contributed by atoms with E-state index in [1.807, 2.05) is 61.5 Å². The molecule has 0 atom stereocenters. The lowest BCUT2D eigenvalue weighted by Crippen LogP contribution is -1.94. The first-order chi connectivity index (χ1) is 12.6. The van der Waals surface area contributed by atoms with Crippen LogP contribution in [-0.4, -0.2) is 14.2 Å². The first-order valence-electron chi connectivity index (χ1n) is 8.13. The zero-order valence-electron chi connectivity index (χ0n) is 14.9. The van der Waals surface area contributed by atoms with Crippen LogP contribution in [0, 0.1) is 12.7 Å². The Morgan fingerprint density at radius 2 is 1.69 bits per heavy atom. The molecule has 0 saturated carbocycles. The highest BCUT2D eigenvalue weighted by Gasteiger charge is 2.11. The van der Waals surface area contributed by atoms with E-state index in [4.69, 9.17) is 8.92 Å². The van der Waals surface area contributed by atoms with Crippen LogP contribution in [0.25, 0.3) is 22.3 Å². The molecule has 0 aliphatic carbocycles. The second-order valence-corrected chi connectivity index (χ2v) is 6.53. The topological polar surface area (TPSA) is 30.5 Å². The number of hydrogen-bond acceptors (Lipinski definition) is 4. The second kappa shape index (κ2) is 8.25. The third-order valence-corrected chi connectivity index (χ3v) is 4.54. The number of benzene rings is 3. The van der Waals surface area contributed by atoms with Gasteiger partial charge in [-0.3, -0.25) is 0 Å². The first-order valence-corrected chi connectivity index (χ1v) is 8.87. The molecule has 0 radical (unpaired) electrons. The molecule has 0 saturated heterocycles. The van der Waals surface area contributed by atoms with Crippen molar-refractivity contribution in [2.45, 2.75) is 6.92 Å². The van der Waals surface area contributed by atoms with Gasteiger partial charge in [0.2, 0.25) is 0 Å². The number of ether oxygens (including phenoxy) is 1. The molecule has 134 valence electrons. The standard InChI is InChI=1S/C21H20FNO2S/c1-14-7-9-18(20(22)11-14)16-8-10-21(23-26-25-3)19(13-16)15-5-4-6-17(12-15)24-2/h4-13,23H,1-3H3. The third-order valence-electron chi connectivity index (χ3n) is 4.07. The van der Waals surface area contributed by atoms with Crippen molar-refractivity contribution in [2.75, 3.05) is 18.9 Å². The van der Waals surface area contributed by atoms with Crippen molar-refractivity contribution in [3.8, 4) is 28.0 Å². The summed E-state index contributed by atoms with van der Waals surface area (Å²) in [5.41, 5.74) is 5.07. The van der Waals surface area contributed by atoms with E-state index < -0.39 is 0 Å². The minimum Gasteiger partial charge on any atom is -0.497 e. The Balaban J connectivity index is 2.12. The first kappa shape index (κ1) is 18.3. The van der Waals surface area contributed by atoms with E-state index in [9.17, 15) is 4.39 Å². The van der Waals surface area contributed by atoms with Gasteiger partial charge in [0.25, 0.3) is 0 Å². The Labute approximate surface area is 157 Å². The lowest BCUT2D eigenvalue weighted by molar-refractivity contribution is 0.415. The van der Waals surface area contributed by atoms with Crippen molar-refractivity contribution in [3.63, 3.8) is 0 Å². The Kier molecular flexibility index (Phi) is 5.81. The molecular formula is C21H20FNO2S. The summed E-state index contributed by atoms with van der Waals surface area (Å²) < 4.78 is 28.0. The smallest absolute Gasteiger partial charge is 0.131 e. The number of rotatable bonds is 6. The van der Waals surface area contributed by atoms with Crippen LogP contribution in [0.3, 0.4) is 0 Å². The molecule has 1 N–H and O–H groups in total. The number of nitrogens with one attached hydrogen (secondary N) is 1. The normalized spacial score (nSPS) is 10.6. The van der Waals surface area contributed by atoms with Gasteiger partial charge in [-0.05, 0) is 53.9 Å². The highest BCUT2D eigenvalue weighted by molar-refractivity contribution is 7.96. The van der Waals surface area contributed by atoms with Crippen molar-refractivity contribution in [1.82, 2.24) is 0 Å². The van der Waals surface area contributed by atoms with Gasteiger partial charge in [-0.1, -0.05) is 30.3 Å². The lowest BCUT2D eigenvalue weighted by Gasteiger charge is -2.14. The average Bonchev–Trinajstić information content (AvgIpc) is 2.66. The quantitative estimate of drug-likeness (QED) is 0.420. The van der Waals surface area contributed by atoms with Crippen molar-refractivity contribution >= 4 is 17.9 Å². The molecule has 0 spiro atoms. The van der Waals surface area contributed by atoms with E-state index in [1.165, 1.54) is 0 Å². The fourth-order valence-electron chi connectivity index (χ4n) is 2.77. The fourth-order valence-corrected chi connectivity index (χ4v) is 3.12. The third kappa shape index (κ3) is 4.00. The molecule has 0 aliphatic heterocycles. The molecule has 0 aromatic heterocycles. The van der Waals surface area contributed by atoms with E-state index in [0.29, 0.717) is 5.56 Å². The molecule has 0 unspecified atom stereocenters. The van der Waals surface area contributed by atoms with Crippen LogP contribution in [0.15, 0.2) is 60.7 Å². The zero-order valence-corrected chi connectivity index (χ0v) is 15.7. The van der Waals surface area contributed by atoms with Crippen LogP contribution < -0.4 is 9.46 Å². The maximum Gasteiger partial charge on any atom is 0.131 e. The SMILES string of the molecule is COSNc1ccc(-c2ccc(C)cc2F)cc1-c1cccc(OC)c1. The summed E-state index contributed by atoms with van der Waals surface area (Å²) in [6.45, 7) is 1.88. The van der Waals surface area contributed by atoms with Crippen LogP contribution >= 0.6 is 12.2 Å². The lowest BCUT2D eigenvalue weighted by atomic mass is 9.96. The molecule has 0 aliphatic rings. The summed E-state index contributed by atoms with van der Waals surface area (Å²) in [5, 5.41) is 0. The average molecular weight is 369 g/mol. The Hall–Kier alpha value is -2.50. The van der Waals surface area contributed by atoms with Crippen LogP contribution in [0.5, 0.6) is 5.75 Å². The molecule has 26 heavy (non-hydrogen) atoms. The summed E-state index contributed by atoms with van der Waals surface area (Å²) in [6.07, 6.45) is 0. The van der Waals surface area contributed by atoms with Gasteiger partial charge in [0.05, 0.1) is 19.9 Å². The van der Waals surface area contributed by atoms with Crippen LogP contribution in [0.2, 0.25) is 0 Å². The van der Waals surface area contributed by atoms with E-state index in [2.05, 4.69) is 4.72 Å². The molecule has 0 bridgehead atoms. The van der Waals surface area contributed by atoms with Crippen molar-refractivity contribution in [1.29, 1.82) is 0 Å². The van der Waals surface area contributed by atoms with E-state index >= 15 is 0 Å². The molecule has 0 fully saturated rings. The molecule has 0 heterocycles. The number of methoxy groups -OCH3 is 1. The minimum atomic E-state index is -0.228. The highest BCUT2D eigenvalue weighted by atomic mass is 32.2. The van der Waals surface area contributed by atoms with Crippen molar-refractivity contribution in [3.05, 3.63) is 72.0 Å². The molecular weight excluding hydrogens is 349 g/mol. The number of hydrogen-bond donors (Lipinski definition) is 1. The monoisotopic (exact) mass is 369 g/mol. The number of halogens is 1. The molecule has 0 amide bonds. The highest BCUT2D eigenvalue weighted by Crippen LogP contribution is 2.36. The van der Waals surface area contributed by atoms with Crippen LogP contribution in [-0.2, 0) is 4.18 Å². The van der Waals surface area contributed by atoms with Crippen LogP contribution in [0.1, 0.15) is 5.56 Å². The summed E-state index contributed by atoms with van der Waals surface area (Å²) in [4.78, 5) is 0. The summed E-state index contributed by atoms with van der Waals surface area (Å²) >= 11 is 1.13. The number of anilines is 1. The van der Waals surface area contributed by atoms with Crippen LogP contribution in [0.4, 0.5) is 10.1 Å². The van der Waals surface area contributed by atoms with Gasteiger partial charge in [-0.15, -0.1) is 0 Å². The summed E-state index contributed by atoms with van der Waals surface area (Å²) in [6, 6.07) is 18.8. The van der Waals surface area contributed by atoms with Gasteiger partial charge in [-0.25, -0.2) is 4.39 Å². The largest absolute Gasteiger partial charge is 0.497 e. The predicted molar refractivity (Wildman–Crippen MR) is 107 cm³/mol. The second-order valence-electron chi connectivity index (χ2n) is 5.83. The van der Waals surface area contributed by atoms with Gasteiger partial charge in [-0.2, -0.15) is 0 Å². The maximum atomic E-state index is 14.4. The summed E-state index contributed by atoms with van der Waals surface area (Å²) in [5.74, 6) is 0.535. The van der Waals surface area contributed by atoms with Crippen molar-refractivity contribution in [2.24, 2.45) is 0 Å². The van der Waals surface area contributed by atoms with Gasteiger partial charge >= 0.3 is 0 Å². The summed E-state index contributed by atoms with van der Waals surface area (Å²) in [7, 11) is 3.23. The van der Waals surface area contributed by atoms with Gasteiger partial charge in [0.1, 0.15) is 23.8 Å². The molecule has 3 aromatic rings. The minimum absolute atomic E-state index is 0.228. The van der Waals surface area contributed by atoms with Gasteiger partial charge < -0.3 is 13.6 Å². The fraction of sp³-hybridized carbons (Fsp3) is 0.143. The maximum absolute atomic E-state index is 14.4. The van der Waals surface area contributed by atoms with Gasteiger partial charge in [0.15, 0.2) is 0 Å². The molecule has 5 heteroatoms. The van der Waals surface area contributed by atoms with E-state index in [0.717, 1.165) is 45.9 Å². The molecule has 3 nitrogen and oxygen atoms in total. The number of aryl methyl sites for hydroxylation is 1. The Morgan fingerprint density at radius 3 is 2.42 bits per heavy atom. The van der Waals surface area contributed by atoms with E-state index in [1.54, 1.807) is 20.3 Å². The zero-order chi connectivity index (χ0) is 18.5. The molecule has 3 aromatic carbocycles. The van der Waals surface area contributed by atoms with E-state index in [-0.39, 0.29) is 5.82 Å². The van der Waals surface area contributed by atoms with Crippen molar-refractivity contribution < 1.29 is 13.3 Å². The Bertz CT molecular complexity index is 914. The molecule has 3 rings (SSSR count). The van der Waals surface area contributed by atoms with Gasteiger partial charge in [0, 0.05) is 11.1 Å². The Morgan fingerprint density at radius 1 is 0.885 bits per heavy atom. The predicted octanol–water partition coefficient (Wildman–Crippen LogP) is 6.10.